The Morgan fingerprint density at radius 1 is 1.06 bits per heavy atom. The van der Waals surface area contributed by atoms with Crippen molar-refractivity contribution in [3.63, 3.8) is 0 Å². The third-order valence-electron chi connectivity index (χ3n) is 6.47. The van der Waals surface area contributed by atoms with E-state index in [1.54, 1.807) is 36.9 Å². The first-order chi connectivity index (χ1) is 16.0. The molecule has 1 spiro atoms. The van der Waals surface area contributed by atoms with Crippen LogP contribution in [0.4, 0.5) is 0 Å². The number of carbonyl (C=O) groups is 1. The number of benzene rings is 3. The molecule has 8 heteroatoms. The molecule has 0 bridgehead atoms. The maximum absolute atomic E-state index is 14.2. The molecule has 0 saturated carbocycles. The summed E-state index contributed by atoms with van der Waals surface area (Å²) in [6.07, 6.45) is 0. The van der Waals surface area contributed by atoms with Gasteiger partial charge in [-0.25, -0.2) is 4.68 Å². The molecule has 162 valence electrons. The van der Waals surface area contributed by atoms with E-state index >= 15 is 0 Å². The Morgan fingerprint density at radius 3 is 2.48 bits per heavy atom. The van der Waals surface area contributed by atoms with Gasteiger partial charge in [0.05, 0.1) is 21.9 Å². The van der Waals surface area contributed by atoms with Crippen LogP contribution in [0, 0.1) is 17.0 Å². The van der Waals surface area contributed by atoms with E-state index < -0.39 is 10.3 Å². The van der Waals surface area contributed by atoms with Gasteiger partial charge in [0, 0.05) is 12.6 Å². The Labute approximate surface area is 188 Å². The minimum atomic E-state index is -1.68. The lowest BCUT2D eigenvalue weighted by atomic mass is 9.70. The van der Waals surface area contributed by atoms with Gasteiger partial charge in [0.25, 0.3) is 5.88 Å². The summed E-state index contributed by atoms with van der Waals surface area (Å²) in [5, 5.41) is 21.6. The lowest BCUT2D eigenvalue weighted by Gasteiger charge is -2.31. The van der Waals surface area contributed by atoms with Crippen LogP contribution in [0.2, 0.25) is 0 Å². The highest BCUT2D eigenvalue weighted by Crippen LogP contribution is 2.56. The average molecular weight is 438 g/mol. The number of Topliss-reactive ketones (excluding diaryl/α,β-unsaturated/α-hetero) is 1. The van der Waals surface area contributed by atoms with Crippen molar-refractivity contribution in [1.82, 2.24) is 15.1 Å². The van der Waals surface area contributed by atoms with Gasteiger partial charge in [-0.15, -0.1) is 0 Å². The summed E-state index contributed by atoms with van der Waals surface area (Å²) >= 11 is 0. The summed E-state index contributed by atoms with van der Waals surface area (Å²) in [6.45, 7) is 1.75. The molecule has 1 aliphatic heterocycles. The standard InChI is InChI=1S/C25H18N4O4/c1-14-20-24(28(27-14)16-10-4-3-5-11-16)33-23(26-2)21(29(31)32)25(20)18-13-7-9-15-8-6-12-17(19(15)18)22(25)30/h3-13,26H,1-2H3. The number of nitro groups is 1. The number of allylic oxidation sites excluding steroid dienone is 1. The van der Waals surface area contributed by atoms with Crippen molar-refractivity contribution in [2.75, 3.05) is 7.05 Å². The van der Waals surface area contributed by atoms with E-state index in [1.165, 1.54) is 0 Å². The maximum atomic E-state index is 14.2. The van der Waals surface area contributed by atoms with E-state index in [0.717, 1.165) is 16.5 Å². The molecule has 2 aliphatic rings. The Hall–Kier alpha value is -4.46. The second-order valence-corrected chi connectivity index (χ2v) is 8.09. The molecule has 0 amide bonds. The predicted molar refractivity (Wildman–Crippen MR) is 121 cm³/mol. The SMILES string of the molecule is CNC1=C([N+](=O)[O-])C2(C(=O)c3cccc4cccc2c34)c2c(C)nn(-c3ccccc3)c2O1. The predicted octanol–water partition coefficient (Wildman–Crippen LogP) is 3.87. The molecule has 1 atom stereocenters. The molecule has 0 saturated heterocycles. The van der Waals surface area contributed by atoms with E-state index in [4.69, 9.17) is 4.74 Å². The molecule has 0 fully saturated rings. The molecule has 8 nitrogen and oxygen atoms in total. The third-order valence-corrected chi connectivity index (χ3v) is 6.47. The zero-order valence-corrected chi connectivity index (χ0v) is 17.8. The number of rotatable bonds is 3. The van der Waals surface area contributed by atoms with Crippen LogP contribution in [-0.2, 0) is 5.41 Å². The van der Waals surface area contributed by atoms with Gasteiger partial charge in [0.1, 0.15) is 0 Å². The molecule has 0 radical (unpaired) electrons. The fraction of sp³-hybridized carbons (Fsp3) is 0.120. The largest absolute Gasteiger partial charge is 0.416 e. The molecular formula is C25H18N4O4. The number of nitrogens with zero attached hydrogens (tertiary/aromatic N) is 3. The molecule has 33 heavy (non-hydrogen) atoms. The molecule has 3 aromatic carbocycles. The van der Waals surface area contributed by atoms with Crippen LogP contribution in [0.25, 0.3) is 16.5 Å². The number of carbonyl (C=O) groups excluding carboxylic acids is 1. The maximum Gasteiger partial charge on any atom is 0.328 e. The van der Waals surface area contributed by atoms with Crippen LogP contribution in [0.3, 0.4) is 0 Å². The summed E-state index contributed by atoms with van der Waals surface area (Å²) in [4.78, 5) is 26.3. The van der Waals surface area contributed by atoms with E-state index in [0.29, 0.717) is 22.4 Å². The topological polar surface area (TPSA) is 99.3 Å². The summed E-state index contributed by atoms with van der Waals surface area (Å²) in [6, 6.07) is 20.3. The molecule has 1 aromatic heterocycles. The summed E-state index contributed by atoms with van der Waals surface area (Å²) in [7, 11) is 1.54. The van der Waals surface area contributed by atoms with Crippen LogP contribution < -0.4 is 10.1 Å². The fourth-order valence-corrected chi connectivity index (χ4v) is 5.25. The first kappa shape index (κ1) is 19.2. The molecular weight excluding hydrogens is 420 g/mol. The second-order valence-electron chi connectivity index (χ2n) is 8.09. The number of hydrogen-bond donors (Lipinski definition) is 1. The zero-order valence-electron chi connectivity index (χ0n) is 17.8. The summed E-state index contributed by atoms with van der Waals surface area (Å²) < 4.78 is 7.66. The number of para-hydroxylation sites is 1. The Kier molecular flexibility index (Phi) is 3.80. The van der Waals surface area contributed by atoms with Gasteiger partial charge in [-0.2, -0.15) is 5.10 Å². The molecule has 6 rings (SSSR count). The van der Waals surface area contributed by atoms with E-state index in [-0.39, 0.29) is 23.2 Å². The van der Waals surface area contributed by atoms with Crippen LogP contribution in [0.5, 0.6) is 5.88 Å². The average Bonchev–Trinajstić information content (AvgIpc) is 3.29. The number of ether oxygens (including phenoxy) is 1. The number of fused-ring (bicyclic) bond motifs is 3. The molecule has 2 heterocycles. The van der Waals surface area contributed by atoms with Crippen LogP contribution in [0.1, 0.15) is 27.2 Å². The van der Waals surface area contributed by atoms with Gasteiger partial charge >= 0.3 is 5.70 Å². The molecule has 1 N–H and O–H groups in total. The monoisotopic (exact) mass is 438 g/mol. The van der Waals surface area contributed by atoms with E-state index in [9.17, 15) is 14.9 Å². The number of aryl methyl sites for hydroxylation is 1. The third kappa shape index (κ3) is 2.24. The van der Waals surface area contributed by atoms with Crippen molar-refractivity contribution in [3.05, 3.63) is 111 Å². The fourth-order valence-electron chi connectivity index (χ4n) is 5.25. The van der Waals surface area contributed by atoms with Gasteiger partial charge in [-0.1, -0.05) is 54.6 Å². The van der Waals surface area contributed by atoms with Gasteiger partial charge in [0.2, 0.25) is 5.88 Å². The Morgan fingerprint density at radius 2 is 1.79 bits per heavy atom. The summed E-state index contributed by atoms with van der Waals surface area (Å²) in [5.74, 6) is -0.149. The van der Waals surface area contributed by atoms with Crippen LogP contribution in [0.15, 0.2) is 78.3 Å². The van der Waals surface area contributed by atoms with Gasteiger partial charge in [-0.05, 0) is 35.4 Å². The van der Waals surface area contributed by atoms with Crippen molar-refractivity contribution in [2.45, 2.75) is 12.3 Å². The minimum Gasteiger partial charge on any atom is -0.416 e. The zero-order chi connectivity index (χ0) is 22.9. The second kappa shape index (κ2) is 6.52. The number of ketones is 1. The van der Waals surface area contributed by atoms with Crippen molar-refractivity contribution in [2.24, 2.45) is 0 Å². The van der Waals surface area contributed by atoms with Crippen molar-refractivity contribution in [1.29, 1.82) is 0 Å². The van der Waals surface area contributed by atoms with Crippen molar-refractivity contribution < 1.29 is 14.5 Å². The minimum absolute atomic E-state index is 0.0808. The smallest absolute Gasteiger partial charge is 0.328 e. The highest BCUT2D eigenvalue weighted by molar-refractivity contribution is 6.23. The molecule has 1 aliphatic carbocycles. The van der Waals surface area contributed by atoms with Crippen molar-refractivity contribution >= 4 is 16.6 Å². The quantitative estimate of drug-likeness (QED) is 0.385. The molecule has 1 unspecified atom stereocenters. The Balaban J connectivity index is 1.80. The van der Waals surface area contributed by atoms with Gasteiger partial charge < -0.3 is 10.1 Å². The highest BCUT2D eigenvalue weighted by Gasteiger charge is 2.64. The van der Waals surface area contributed by atoms with E-state index in [2.05, 4.69) is 10.4 Å². The Bertz CT molecular complexity index is 1530. The normalized spacial score (nSPS) is 18.5. The summed E-state index contributed by atoms with van der Waals surface area (Å²) in [5.41, 5.74) is 0.612. The lowest BCUT2D eigenvalue weighted by Crippen LogP contribution is -2.45. The van der Waals surface area contributed by atoms with Gasteiger partial charge in [0.15, 0.2) is 11.2 Å². The lowest BCUT2D eigenvalue weighted by molar-refractivity contribution is -0.436. The van der Waals surface area contributed by atoms with E-state index in [1.807, 2.05) is 48.5 Å². The van der Waals surface area contributed by atoms with Gasteiger partial charge in [-0.3, -0.25) is 14.9 Å². The molecule has 4 aromatic rings. The number of hydrogen-bond acceptors (Lipinski definition) is 6. The number of nitrogens with one attached hydrogen (secondary N) is 1. The van der Waals surface area contributed by atoms with Crippen LogP contribution in [-0.4, -0.2) is 27.5 Å². The first-order valence-electron chi connectivity index (χ1n) is 10.5. The number of aromatic nitrogens is 2. The first-order valence-corrected chi connectivity index (χ1v) is 10.5. The van der Waals surface area contributed by atoms with Crippen molar-refractivity contribution in [3.8, 4) is 11.6 Å². The highest BCUT2D eigenvalue weighted by atomic mass is 16.6. The van der Waals surface area contributed by atoms with Crippen LogP contribution >= 0.6 is 0 Å².